The number of nitrogens with one attached hydrogen (secondary N) is 2. The van der Waals surface area contributed by atoms with Crippen LogP contribution in [0.1, 0.15) is 35.0 Å². The van der Waals surface area contributed by atoms with E-state index in [1.807, 2.05) is 42.8 Å². The lowest BCUT2D eigenvalue weighted by Gasteiger charge is -2.30. The average Bonchev–Trinajstić information content (AvgIpc) is 2.92. The zero-order valence-electron chi connectivity index (χ0n) is 14.0. The van der Waals surface area contributed by atoms with E-state index in [1.54, 1.807) is 6.20 Å². The predicted octanol–water partition coefficient (Wildman–Crippen LogP) is 2.22. The largest absolute Gasteiger partial charge is 0.348 e. The lowest BCUT2D eigenvalue weighted by atomic mass is 9.94. The molecule has 1 amide bonds. The Morgan fingerprint density at radius 1 is 1.35 bits per heavy atom. The van der Waals surface area contributed by atoms with Crippen LogP contribution >= 0.6 is 0 Å². The zero-order chi connectivity index (χ0) is 16.4. The number of benzene rings is 1. The number of aryl methyl sites for hydroxylation is 1. The molecule has 1 aliphatic heterocycles. The lowest BCUT2D eigenvalue weighted by Crippen LogP contribution is -2.50. The van der Waals surface area contributed by atoms with E-state index in [4.69, 9.17) is 0 Å². The molecule has 1 saturated heterocycles. The minimum absolute atomic E-state index is 0.0390. The molecular weight excluding hydrogens is 288 g/mol. The third kappa shape index (κ3) is 3.15. The van der Waals surface area contributed by atoms with Crippen LogP contribution in [0.3, 0.4) is 0 Å². The van der Waals surface area contributed by atoms with Gasteiger partial charge in [0, 0.05) is 12.6 Å². The third-order valence-corrected chi connectivity index (χ3v) is 4.74. The molecule has 2 heterocycles. The van der Waals surface area contributed by atoms with E-state index in [1.165, 1.54) is 0 Å². The maximum Gasteiger partial charge on any atom is 0.255 e. The molecule has 0 saturated carbocycles. The van der Waals surface area contributed by atoms with Crippen LogP contribution in [-0.4, -0.2) is 34.8 Å². The highest BCUT2D eigenvalue weighted by Gasteiger charge is 2.24. The molecule has 5 heteroatoms. The van der Waals surface area contributed by atoms with Gasteiger partial charge in [0.2, 0.25) is 0 Å². The average molecular weight is 312 g/mol. The first kappa shape index (κ1) is 15.7. The Morgan fingerprint density at radius 3 is 2.87 bits per heavy atom. The van der Waals surface area contributed by atoms with Crippen LogP contribution in [0, 0.1) is 19.8 Å². The molecular formula is C18H24N4O. The Bertz CT molecular complexity index is 707. The number of aromatic nitrogens is 2. The summed E-state index contributed by atoms with van der Waals surface area (Å²) in [5.41, 5.74) is 3.66. The van der Waals surface area contributed by atoms with Crippen molar-refractivity contribution in [3.8, 4) is 5.69 Å². The Labute approximate surface area is 137 Å². The number of carbonyl (C=O) groups is 1. The summed E-state index contributed by atoms with van der Waals surface area (Å²) in [6.45, 7) is 8.04. The van der Waals surface area contributed by atoms with Gasteiger partial charge in [0.1, 0.15) is 0 Å². The maximum atomic E-state index is 12.6. The number of piperidine rings is 1. The molecule has 0 bridgehead atoms. The van der Waals surface area contributed by atoms with Gasteiger partial charge in [0.15, 0.2) is 0 Å². The second kappa shape index (κ2) is 6.54. The minimum Gasteiger partial charge on any atom is -0.348 e. The first-order valence-corrected chi connectivity index (χ1v) is 8.20. The number of carbonyl (C=O) groups excluding carboxylic acids is 1. The maximum absolute atomic E-state index is 12.6. The molecule has 2 aromatic rings. The van der Waals surface area contributed by atoms with Gasteiger partial charge in [-0.25, -0.2) is 4.68 Å². The number of nitrogens with zero attached hydrogens (tertiary/aromatic N) is 2. The smallest absolute Gasteiger partial charge is 0.255 e. The van der Waals surface area contributed by atoms with Crippen LogP contribution in [0.2, 0.25) is 0 Å². The fourth-order valence-electron chi connectivity index (χ4n) is 3.11. The van der Waals surface area contributed by atoms with E-state index in [2.05, 4.69) is 22.7 Å². The molecule has 5 nitrogen and oxygen atoms in total. The molecule has 1 aromatic carbocycles. The summed E-state index contributed by atoms with van der Waals surface area (Å²) in [6.07, 6.45) is 2.75. The van der Waals surface area contributed by atoms with Crippen molar-refractivity contribution < 1.29 is 4.79 Å². The first-order chi connectivity index (χ1) is 11.1. The minimum atomic E-state index is -0.0390. The molecule has 1 aromatic heterocycles. The molecule has 2 N–H and O–H groups in total. The molecule has 2 atom stereocenters. The summed E-state index contributed by atoms with van der Waals surface area (Å²) in [6, 6.07) is 8.23. The van der Waals surface area contributed by atoms with E-state index in [-0.39, 0.29) is 11.9 Å². The van der Waals surface area contributed by atoms with Crippen LogP contribution in [0.15, 0.2) is 30.5 Å². The van der Waals surface area contributed by atoms with Crippen LogP contribution in [0.4, 0.5) is 0 Å². The second-order valence-corrected chi connectivity index (χ2v) is 6.39. The van der Waals surface area contributed by atoms with Gasteiger partial charge >= 0.3 is 0 Å². The number of amides is 1. The number of hydrogen-bond donors (Lipinski definition) is 2. The van der Waals surface area contributed by atoms with Crippen molar-refractivity contribution in [3.63, 3.8) is 0 Å². The van der Waals surface area contributed by atoms with Crippen molar-refractivity contribution in [1.82, 2.24) is 20.4 Å². The summed E-state index contributed by atoms with van der Waals surface area (Å²) in [7, 11) is 0. The molecule has 1 aliphatic rings. The lowest BCUT2D eigenvalue weighted by molar-refractivity contribution is 0.0914. The van der Waals surface area contributed by atoms with Gasteiger partial charge in [0.25, 0.3) is 5.91 Å². The SMILES string of the molecule is Cc1ccccc1-n1ncc(C(=O)NC2CNCCC2C)c1C. The van der Waals surface area contributed by atoms with E-state index >= 15 is 0 Å². The summed E-state index contributed by atoms with van der Waals surface area (Å²) >= 11 is 0. The van der Waals surface area contributed by atoms with Gasteiger partial charge in [-0.05, 0) is 44.4 Å². The fourth-order valence-corrected chi connectivity index (χ4v) is 3.11. The summed E-state index contributed by atoms with van der Waals surface area (Å²) in [5.74, 6) is 0.454. The van der Waals surface area contributed by atoms with Gasteiger partial charge < -0.3 is 10.6 Å². The quantitative estimate of drug-likeness (QED) is 0.913. The van der Waals surface area contributed by atoms with Gasteiger partial charge in [-0.2, -0.15) is 5.10 Å². The number of rotatable bonds is 3. The zero-order valence-corrected chi connectivity index (χ0v) is 14.0. The Kier molecular flexibility index (Phi) is 4.48. The summed E-state index contributed by atoms with van der Waals surface area (Å²) in [4.78, 5) is 12.6. The van der Waals surface area contributed by atoms with Crippen LogP contribution in [0.25, 0.3) is 5.69 Å². The highest BCUT2D eigenvalue weighted by Crippen LogP contribution is 2.18. The third-order valence-electron chi connectivity index (χ3n) is 4.74. The van der Waals surface area contributed by atoms with E-state index in [0.717, 1.165) is 36.5 Å². The van der Waals surface area contributed by atoms with E-state index < -0.39 is 0 Å². The number of para-hydroxylation sites is 1. The summed E-state index contributed by atoms with van der Waals surface area (Å²) < 4.78 is 1.84. The molecule has 1 fully saturated rings. The monoisotopic (exact) mass is 312 g/mol. The molecule has 23 heavy (non-hydrogen) atoms. The van der Waals surface area contributed by atoms with Crippen molar-refractivity contribution in [2.45, 2.75) is 33.2 Å². The van der Waals surface area contributed by atoms with Gasteiger partial charge in [-0.1, -0.05) is 25.1 Å². The molecule has 0 aliphatic carbocycles. The summed E-state index contributed by atoms with van der Waals surface area (Å²) in [5, 5.41) is 10.9. The molecule has 0 spiro atoms. The second-order valence-electron chi connectivity index (χ2n) is 6.39. The van der Waals surface area contributed by atoms with Crippen molar-refractivity contribution >= 4 is 5.91 Å². The van der Waals surface area contributed by atoms with Crippen LogP contribution in [0.5, 0.6) is 0 Å². The van der Waals surface area contributed by atoms with E-state index in [9.17, 15) is 4.79 Å². The fraction of sp³-hybridized carbons (Fsp3) is 0.444. The van der Waals surface area contributed by atoms with Crippen LogP contribution in [-0.2, 0) is 0 Å². The van der Waals surface area contributed by atoms with Crippen molar-refractivity contribution in [2.24, 2.45) is 5.92 Å². The normalized spacial score (nSPS) is 21.2. The van der Waals surface area contributed by atoms with E-state index in [0.29, 0.717) is 11.5 Å². The predicted molar refractivity (Wildman–Crippen MR) is 90.9 cm³/mol. The Morgan fingerprint density at radius 2 is 2.13 bits per heavy atom. The number of hydrogen-bond acceptors (Lipinski definition) is 3. The van der Waals surface area contributed by atoms with Gasteiger partial charge in [-0.15, -0.1) is 0 Å². The topological polar surface area (TPSA) is 59.0 Å². The van der Waals surface area contributed by atoms with Gasteiger partial charge in [-0.3, -0.25) is 4.79 Å². The standard InChI is InChI=1S/C18H24N4O/c1-12-8-9-19-11-16(12)21-18(23)15-10-20-22(14(15)3)17-7-5-4-6-13(17)2/h4-7,10,12,16,19H,8-9,11H2,1-3H3,(H,21,23). The molecule has 122 valence electrons. The Balaban J connectivity index is 1.81. The van der Waals surface area contributed by atoms with Crippen LogP contribution < -0.4 is 10.6 Å². The first-order valence-electron chi connectivity index (χ1n) is 8.20. The highest BCUT2D eigenvalue weighted by molar-refractivity contribution is 5.95. The molecule has 2 unspecified atom stereocenters. The molecule has 3 rings (SSSR count). The van der Waals surface area contributed by atoms with Gasteiger partial charge in [0.05, 0.1) is 23.1 Å². The Hall–Kier alpha value is -2.14. The van der Waals surface area contributed by atoms with Crippen molar-refractivity contribution in [3.05, 3.63) is 47.3 Å². The molecule has 0 radical (unpaired) electrons. The highest BCUT2D eigenvalue weighted by atomic mass is 16.1. The van der Waals surface area contributed by atoms with Crippen molar-refractivity contribution in [2.75, 3.05) is 13.1 Å². The van der Waals surface area contributed by atoms with Crippen molar-refractivity contribution in [1.29, 1.82) is 0 Å².